The second-order valence-electron chi connectivity index (χ2n) is 8.96. The minimum absolute atomic E-state index is 0.0508. The molecule has 0 unspecified atom stereocenters. The van der Waals surface area contributed by atoms with Gasteiger partial charge in [-0.1, -0.05) is 29.5 Å². The molecule has 1 aliphatic rings. The summed E-state index contributed by atoms with van der Waals surface area (Å²) in [5.74, 6) is -2.56. The molecule has 2 aromatic carbocycles. The number of rotatable bonds is 6. The molecular formula is C26H24F2N4O3S2. The van der Waals surface area contributed by atoms with E-state index in [1.807, 2.05) is 31.2 Å². The van der Waals surface area contributed by atoms with Gasteiger partial charge in [0, 0.05) is 37.5 Å². The van der Waals surface area contributed by atoms with Crippen LogP contribution in [0.25, 0.3) is 10.2 Å². The average molecular weight is 543 g/mol. The fourth-order valence-corrected chi connectivity index (χ4v) is 7.05. The number of carbonyl (C=O) groups excluding carboxylic acids is 1. The number of halogens is 2. The number of aromatic nitrogens is 2. The van der Waals surface area contributed by atoms with E-state index < -0.39 is 32.5 Å². The van der Waals surface area contributed by atoms with Crippen LogP contribution >= 0.6 is 11.3 Å². The number of anilines is 1. The number of thiazole rings is 1. The second kappa shape index (κ2) is 10.2. The molecule has 1 aliphatic heterocycles. The van der Waals surface area contributed by atoms with Crippen LogP contribution in [0, 0.1) is 24.5 Å². The lowest BCUT2D eigenvalue weighted by molar-refractivity contribution is -0.123. The lowest BCUT2D eigenvalue weighted by Crippen LogP contribution is -2.44. The summed E-state index contributed by atoms with van der Waals surface area (Å²) in [6.45, 7) is 2.36. The van der Waals surface area contributed by atoms with Crippen LogP contribution in [0.5, 0.6) is 0 Å². The van der Waals surface area contributed by atoms with Gasteiger partial charge in [0.05, 0.1) is 16.8 Å². The van der Waals surface area contributed by atoms with Crippen molar-refractivity contribution < 1.29 is 22.0 Å². The van der Waals surface area contributed by atoms with Crippen molar-refractivity contribution in [1.29, 1.82) is 0 Å². The third-order valence-electron chi connectivity index (χ3n) is 6.48. The van der Waals surface area contributed by atoms with Crippen LogP contribution < -0.4 is 4.90 Å². The third kappa shape index (κ3) is 5.11. The molecule has 4 aromatic rings. The molecule has 1 fully saturated rings. The van der Waals surface area contributed by atoms with Gasteiger partial charge < -0.3 is 0 Å². The summed E-state index contributed by atoms with van der Waals surface area (Å²) in [6.07, 6.45) is 3.91. The average Bonchev–Trinajstić information content (AvgIpc) is 3.33. The van der Waals surface area contributed by atoms with Crippen LogP contribution in [0.2, 0.25) is 0 Å². The Kier molecular flexibility index (Phi) is 7.02. The fraction of sp³-hybridized carbons (Fsp3) is 0.269. The highest BCUT2D eigenvalue weighted by atomic mass is 32.2. The van der Waals surface area contributed by atoms with Gasteiger partial charge in [0.1, 0.15) is 16.5 Å². The number of nitrogens with zero attached hydrogens (tertiary/aromatic N) is 4. The van der Waals surface area contributed by atoms with Crippen LogP contribution in [-0.4, -0.2) is 41.7 Å². The maximum absolute atomic E-state index is 14.2. The van der Waals surface area contributed by atoms with Gasteiger partial charge >= 0.3 is 0 Å². The molecule has 0 spiro atoms. The maximum Gasteiger partial charge on any atom is 0.245 e. The highest BCUT2D eigenvalue weighted by molar-refractivity contribution is 7.89. The third-order valence-corrected chi connectivity index (χ3v) is 9.46. The predicted molar refractivity (Wildman–Crippen MR) is 138 cm³/mol. The van der Waals surface area contributed by atoms with Crippen molar-refractivity contribution in [1.82, 2.24) is 14.3 Å². The Hall–Kier alpha value is -3.28. The zero-order chi connectivity index (χ0) is 26.2. The van der Waals surface area contributed by atoms with Gasteiger partial charge in [-0.05, 0) is 55.2 Å². The quantitative estimate of drug-likeness (QED) is 0.346. The van der Waals surface area contributed by atoms with E-state index in [0.717, 1.165) is 37.8 Å². The van der Waals surface area contributed by atoms with Gasteiger partial charge in [-0.25, -0.2) is 22.2 Å². The van der Waals surface area contributed by atoms with E-state index in [2.05, 4.69) is 4.98 Å². The van der Waals surface area contributed by atoms with E-state index >= 15 is 0 Å². The second-order valence-corrected chi connectivity index (χ2v) is 11.9. The van der Waals surface area contributed by atoms with E-state index in [1.54, 1.807) is 23.4 Å². The Morgan fingerprint density at radius 1 is 1.14 bits per heavy atom. The number of benzene rings is 2. The van der Waals surface area contributed by atoms with Crippen LogP contribution in [0.3, 0.4) is 0 Å². The molecule has 0 N–H and O–H groups in total. The molecular weight excluding hydrogens is 518 g/mol. The Morgan fingerprint density at radius 3 is 2.59 bits per heavy atom. The summed E-state index contributed by atoms with van der Waals surface area (Å²) in [4.78, 5) is 23.8. The van der Waals surface area contributed by atoms with E-state index in [9.17, 15) is 22.0 Å². The Labute approximate surface area is 217 Å². The summed E-state index contributed by atoms with van der Waals surface area (Å²) in [7, 11) is -4.15. The van der Waals surface area contributed by atoms with Crippen molar-refractivity contribution in [3.8, 4) is 0 Å². The molecule has 2 aromatic heterocycles. The molecule has 3 heterocycles. The van der Waals surface area contributed by atoms with E-state index in [0.29, 0.717) is 11.2 Å². The highest BCUT2D eigenvalue weighted by Gasteiger charge is 2.36. The van der Waals surface area contributed by atoms with Gasteiger partial charge in [-0.15, -0.1) is 0 Å². The number of carbonyl (C=O) groups is 1. The number of hydrogen-bond acceptors (Lipinski definition) is 6. The molecule has 0 atom stereocenters. The van der Waals surface area contributed by atoms with Crippen LogP contribution in [-0.2, 0) is 21.4 Å². The summed E-state index contributed by atoms with van der Waals surface area (Å²) >= 11 is 1.43. The molecule has 7 nitrogen and oxygen atoms in total. The summed E-state index contributed by atoms with van der Waals surface area (Å²) in [5, 5.41) is 0.571. The largest absolute Gasteiger partial charge is 0.283 e. The van der Waals surface area contributed by atoms with Gasteiger partial charge in [-0.3, -0.25) is 14.7 Å². The Balaban J connectivity index is 1.38. The minimum Gasteiger partial charge on any atom is -0.283 e. The molecule has 0 radical (unpaired) electrons. The number of fused-ring (bicyclic) bond motifs is 1. The first kappa shape index (κ1) is 25.4. The fourth-order valence-electron chi connectivity index (χ4n) is 4.49. The number of amides is 1. The first-order chi connectivity index (χ1) is 17.7. The minimum atomic E-state index is -4.15. The topological polar surface area (TPSA) is 83.5 Å². The molecule has 192 valence electrons. The monoisotopic (exact) mass is 542 g/mol. The lowest BCUT2D eigenvalue weighted by atomic mass is 9.96. The summed E-state index contributed by atoms with van der Waals surface area (Å²) in [5.41, 5.74) is 2.70. The number of piperidine rings is 1. The van der Waals surface area contributed by atoms with E-state index in [1.165, 1.54) is 11.3 Å². The molecule has 0 bridgehead atoms. The number of pyridine rings is 1. The van der Waals surface area contributed by atoms with Crippen molar-refractivity contribution >= 4 is 42.6 Å². The smallest absolute Gasteiger partial charge is 0.245 e. The molecule has 1 saturated heterocycles. The Morgan fingerprint density at radius 2 is 1.92 bits per heavy atom. The molecule has 0 saturated carbocycles. The van der Waals surface area contributed by atoms with Crippen LogP contribution in [0.1, 0.15) is 24.0 Å². The van der Waals surface area contributed by atoms with Gasteiger partial charge in [0.2, 0.25) is 15.9 Å². The van der Waals surface area contributed by atoms with Crippen molar-refractivity contribution in [2.45, 2.75) is 31.2 Å². The van der Waals surface area contributed by atoms with Crippen molar-refractivity contribution in [3.05, 3.63) is 83.7 Å². The maximum atomic E-state index is 14.2. The number of para-hydroxylation sites is 1. The van der Waals surface area contributed by atoms with E-state index in [-0.39, 0.29) is 38.4 Å². The standard InChI is InChI=1S/C26H24F2N4O3S2/c1-17-4-2-6-22-24(17)30-26(36-22)32(16-18-5-3-11-29-15-18)25(33)19-9-12-31(13-10-19)37(34,35)23-8-7-20(27)14-21(23)28/h2-8,11,14-15,19H,9-10,12-13,16H2,1H3. The zero-order valence-corrected chi connectivity index (χ0v) is 21.6. The number of aryl methyl sites for hydroxylation is 1. The SMILES string of the molecule is Cc1cccc2sc(N(Cc3cccnc3)C(=O)C3CCN(S(=O)(=O)c4ccc(F)cc4F)CC3)nc12. The summed E-state index contributed by atoms with van der Waals surface area (Å²) in [6, 6.07) is 12.0. The number of sulfonamides is 1. The summed E-state index contributed by atoms with van der Waals surface area (Å²) < 4.78 is 55.6. The zero-order valence-electron chi connectivity index (χ0n) is 20.0. The van der Waals surface area contributed by atoms with Crippen molar-refractivity contribution in [3.63, 3.8) is 0 Å². The highest BCUT2D eigenvalue weighted by Crippen LogP contribution is 2.34. The number of hydrogen-bond donors (Lipinski definition) is 0. The van der Waals surface area contributed by atoms with Crippen LogP contribution in [0.15, 0.2) is 65.8 Å². The van der Waals surface area contributed by atoms with Gasteiger partial charge in [0.25, 0.3) is 0 Å². The normalized spacial score (nSPS) is 15.2. The van der Waals surface area contributed by atoms with E-state index in [4.69, 9.17) is 4.98 Å². The molecule has 5 rings (SSSR count). The molecule has 11 heteroatoms. The molecule has 0 aliphatic carbocycles. The van der Waals surface area contributed by atoms with Gasteiger partial charge in [-0.2, -0.15) is 4.31 Å². The van der Waals surface area contributed by atoms with Gasteiger partial charge in [0.15, 0.2) is 5.13 Å². The van der Waals surface area contributed by atoms with Crippen molar-refractivity contribution in [2.75, 3.05) is 18.0 Å². The lowest BCUT2D eigenvalue weighted by Gasteiger charge is -2.33. The predicted octanol–water partition coefficient (Wildman–Crippen LogP) is 4.91. The van der Waals surface area contributed by atoms with Crippen molar-refractivity contribution in [2.24, 2.45) is 5.92 Å². The Bertz CT molecular complexity index is 1550. The first-order valence-electron chi connectivity index (χ1n) is 11.8. The molecule has 1 amide bonds. The first-order valence-corrected chi connectivity index (χ1v) is 14.0. The molecule has 37 heavy (non-hydrogen) atoms. The van der Waals surface area contributed by atoms with Crippen LogP contribution in [0.4, 0.5) is 13.9 Å².